The predicted octanol–water partition coefficient (Wildman–Crippen LogP) is 3.22. The van der Waals surface area contributed by atoms with E-state index in [0.717, 1.165) is 50.7 Å². The van der Waals surface area contributed by atoms with E-state index < -0.39 is 0 Å². The van der Waals surface area contributed by atoms with Gasteiger partial charge in [0.2, 0.25) is 5.95 Å². The molecule has 0 fully saturated rings. The van der Waals surface area contributed by atoms with Crippen molar-refractivity contribution in [1.29, 1.82) is 0 Å². The third-order valence-electron chi connectivity index (χ3n) is 3.11. The minimum Gasteiger partial charge on any atom is -0.382 e. The summed E-state index contributed by atoms with van der Waals surface area (Å²) < 4.78 is 7.57. The summed E-state index contributed by atoms with van der Waals surface area (Å²) in [5, 5.41) is 3.52. The standard InChI is InChI=1S/C14H27N3O/c1-5-13(6-2)16-14-15-12(4)11-17(14)9-8-10-18-7-3/h11,13H,5-10H2,1-4H3,(H,15,16). The SMILES string of the molecule is CCOCCCn1cc(C)nc1NC(CC)CC. The Bertz CT molecular complexity index is 332. The minimum absolute atomic E-state index is 0.512. The first-order valence-corrected chi connectivity index (χ1v) is 7.09. The van der Waals surface area contributed by atoms with Crippen molar-refractivity contribution in [3.8, 4) is 0 Å². The summed E-state index contributed by atoms with van der Waals surface area (Å²) in [5.41, 5.74) is 1.07. The van der Waals surface area contributed by atoms with Crippen LogP contribution in [0, 0.1) is 6.92 Å². The van der Waals surface area contributed by atoms with Crippen LogP contribution in [0.1, 0.15) is 45.7 Å². The van der Waals surface area contributed by atoms with E-state index >= 15 is 0 Å². The average Bonchev–Trinajstić information content (AvgIpc) is 2.72. The number of hydrogen-bond acceptors (Lipinski definition) is 3. The third-order valence-corrected chi connectivity index (χ3v) is 3.11. The van der Waals surface area contributed by atoms with Crippen molar-refractivity contribution in [3.05, 3.63) is 11.9 Å². The second kappa shape index (κ2) is 8.14. The highest BCUT2D eigenvalue weighted by molar-refractivity contribution is 5.30. The first-order chi connectivity index (χ1) is 8.71. The highest BCUT2D eigenvalue weighted by Crippen LogP contribution is 2.13. The molecule has 1 rings (SSSR count). The van der Waals surface area contributed by atoms with Crippen molar-refractivity contribution in [1.82, 2.24) is 9.55 Å². The summed E-state index contributed by atoms with van der Waals surface area (Å²) in [6.07, 6.45) is 5.39. The molecule has 0 radical (unpaired) electrons. The molecule has 0 aliphatic rings. The van der Waals surface area contributed by atoms with Crippen molar-refractivity contribution >= 4 is 5.95 Å². The molecule has 1 aromatic rings. The first kappa shape index (κ1) is 15.0. The Labute approximate surface area is 111 Å². The van der Waals surface area contributed by atoms with Gasteiger partial charge in [0.15, 0.2) is 0 Å². The molecule has 0 atom stereocenters. The monoisotopic (exact) mass is 253 g/mol. The second-order valence-electron chi connectivity index (χ2n) is 4.61. The van der Waals surface area contributed by atoms with Crippen molar-refractivity contribution in [3.63, 3.8) is 0 Å². The molecular formula is C14H27N3O. The molecule has 1 N–H and O–H groups in total. The number of ether oxygens (including phenoxy) is 1. The largest absolute Gasteiger partial charge is 0.382 e. The minimum atomic E-state index is 0.512. The lowest BCUT2D eigenvalue weighted by Gasteiger charge is -2.16. The van der Waals surface area contributed by atoms with Gasteiger partial charge in [0.25, 0.3) is 0 Å². The van der Waals surface area contributed by atoms with Crippen molar-refractivity contribution in [2.45, 2.75) is 59.5 Å². The van der Waals surface area contributed by atoms with Gasteiger partial charge < -0.3 is 14.6 Å². The first-order valence-electron chi connectivity index (χ1n) is 7.09. The van der Waals surface area contributed by atoms with E-state index in [1.165, 1.54) is 0 Å². The number of imidazole rings is 1. The maximum atomic E-state index is 5.37. The number of rotatable bonds is 9. The number of anilines is 1. The summed E-state index contributed by atoms with van der Waals surface area (Å²) in [5.74, 6) is 0.998. The van der Waals surface area contributed by atoms with Crippen LogP contribution < -0.4 is 5.32 Å². The van der Waals surface area contributed by atoms with Gasteiger partial charge in [0.05, 0.1) is 5.69 Å². The number of aromatic nitrogens is 2. The molecule has 104 valence electrons. The van der Waals surface area contributed by atoms with E-state index in [1.54, 1.807) is 0 Å². The summed E-state index contributed by atoms with van der Waals surface area (Å²) in [4.78, 5) is 4.56. The highest BCUT2D eigenvalue weighted by Gasteiger charge is 2.09. The Morgan fingerprint density at radius 1 is 1.33 bits per heavy atom. The van der Waals surface area contributed by atoms with Gasteiger partial charge in [0.1, 0.15) is 0 Å². The second-order valence-corrected chi connectivity index (χ2v) is 4.61. The van der Waals surface area contributed by atoms with E-state index in [0.29, 0.717) is 6.04 Å². The molecule has 0 aliphatic carbocycles. The zero-order valence-electron chi connectivity index (χ0n) is 12.2. The summed E-state index contributed by atoms with van der Waals surface area (Å²) in [7, 11) is 0. The molecule has 4 nitrogen and oxygen atoms in total. The van der Waals surface area contributed by atoms with Gasteiger partial charge in [-0.3, -0.25) is 0 Å². The summed E-state index contributed by atoms with van der Waals surface area (Å²) in [6, 6.07) is 0.512. The fourth-order valence-electron chi connectivity index (χ4n) is 1.99. The molecule has 0 aromatic carbocycles. The van der Waals surface area contributed by atoms with Crippen molar-refractivity contribution < 1.29 is 4.74 Å². The average molecular weight is 253 g/mol. The van der Waals surface area contributed by atoms with Gasteiger partial charge in [-0.2, -0.15) is 0 Å². The predicted molar refractivity (Wildman–Crippen MR) is 76.1 cm³/mol. The fourth-order valence-corrected chi connectivity index (χ4v) is 1.99. The lowest BCUT2D eigenvalue weighted by Crippen LogP contribution is -2.20. The Hall–Kier alpha value is -1.03. The van der Waals surface area contributed by atoms with Gasteiger partial charge in [0, 0.05) is 32.0 Å². The Morgan fingerprint density at radius 3 is 2.67 bits per heavy atom. The van der Waals surface area contributed by atoms with Crippen LogP contribution >= 0.6 is 0 Å². The van der Waals surface area contributed by atoms with E-state index in [9.17, 15) is 0 Å². The Kier molecular flexibility index (Phi) is 6.80. The van der Waals surface area contributed by atoms with Crippen LogP contribution in [-0.4, -0.2) is 28.8 Å². The highest BCUT2D eigenvalue weighted by atomic mass is 16.5. The van der Waals surface area contributed by atoms with Crippen LogP contribution in [0.3, 0.4) is 0 Å². The maximum absolute atomic E-state index is 5.37. The lowest BCUT2D eigenvalue weighted by atomic mass is 10.2. The van der Waals surface area contributed by atoms with Crippen molar-refractivity contribution in [2.75, 3.05) is 18.5 Å². The summed E-state index contributed by atoms with van der Waals surface area (Å²) in [6.45, 7) is 11.1. The van der Waals surface area contributed by atoms with E-state index in [4.69, 9.17) is 4.74 Å². The molecule has 4 heteroatoms. The lowest BCUT2D eigenvalue weighted by molar-refractivity contribution is 0.142. The zero-order valence-corrected chi connectivity index (χ0v) is 12.2. The Morgan fingerprint density at radius 2 is 2.06 bits per heavy atom. The van der Waals surface area contributed by atoms with Gasteiger partial charge in [-0.1, -0.05) is 13.8 Å². The molecule has 0 unspecified atom stereocenters. The van der Waals surface area contributed by atoms with Crippen LogP contribution in [-0.2, 0) is 11.3 Å². The number of aryl methyl sites for hydroxylation is 2. The van der Waals surface area contributed by atoms with Crippen LogP contribution in [0.5, 0.6) is 0 Å². The van der Waals surface area contributed by atoms with Crippen LogP contribution in [0.4, 0.5) is 5.95 Å². The molecule has 0 bridgehead atoms. The molecule has 0 saturated carbocycles. The topological polar surface area (TPSA) is 39.1 Å². The zero-order chi connectivity index (χ0) is 13.4. The fraction of sp³-hybridized carbons (Fsp3) is 0.786. The molecule has 1 aromatic heterocycles. The van der Waals surface area contributed by atoms with Crippen molar-refractivity contribution in [2.24, 2.45) is 0 Å². The van der Waals surface area contributed by atoms with Crippen LogP contribution in [0.2, 0.25) is 0 Å². The molecule has 18 heavy (non-hydrogen) atoms. The van der Waals surface area contributed by atoms with E-state index in [2.05, 4.69) is 34.9 Å². The number of hydrogen-bond donors (Lipinski definition) is 1. The molecule has 0 saturated heterocycles. The van der Waals surface area contributed by atoms with E-state index in [-0.39, 0.29) is 0 Å². The van der Waals surface area contributed by atoms with Gasteiger partial charge in [-0.25, -0.2) is 4.98 Å². The van der Waals surface area contributed by atoms with Gasteiger partial charge >= 0.3 is 0 Å². The van der Waals surface area contributed by atoms with Crippen LogP contribution in [0.25, 0.3) is 0 Å². The van der Waals surface area contributed by atoms with Gasteiger partial charge in [-0.15, -0.1) is 0 Å². The third kappa shape index (κ3) is 4.69. The maximum Gasteiger partial charge on any atom is 0.203 e. The molecule has 1 heterocycles. The smallest absolute Gasteiger partial charge is 0.203 e. The van der Waals surface area contributed by atoms with Gasteiger partial charge in [-0.05, 0) is 33.1 Å². The van der Waals surface area contributed by atoms with Crippen LogP contribution in [0.15, 0.2) is 6.20 Å². The molecular weight excluding hydrogens is 226 g/mol. The number of nitrogens with one attached hydrogen (secondary N) is 1. The molecule has 0 aliphatic heterocycles. The Balaban J connectivity index is 2.55. The quantitative estimate of drug-likeness (QED) is 0.687. The summed E-state index contributed by atoms with van der Waals surface area (Å²) >= 11 is 0. The number of nitrogens with zero attached hydrogens (tertiary/aromatic N) is 2. The normalized spacial score (nSPS) is 11.2. The van der Waals surface area contributed by atoms with E-state index in [1.807, 2.05) is 13.8 Å². The molecule has 0 amide bonds. The molecule has 0 spiro atoms.